The van der Waals surface area contributed by atoms with Gasteiger partial charge in [0, 0.05) is 0 Å². The number of esters is 1. The van der Waals surface area contributed by atoms with Crippen molar-refractivity contribution in [2.75, 3.05) is 7.11 Å². The molecular weight excluding hydrogens is 182 g/mol. The third-order valence-electron chi connectivity index (χ3n) is 1.70. The van der Waals surface area contributed by atoms with Crippen LogP contribution in [-0.4, -0.2) is 19.2 Å². The Morgan fingerprint density at radius 3 is 2.57 bits per heavy atom. The van der Waals surface area contributed by atoms with E-state index in [1.807, 2.05) is 0 Å². The molecule has 1 aromatic rings. The molecule has 4 nitrogen and oxygen atoms in total. The fourth-order valence-electron chi connectivity index (χ4n) is 0.988. The molecule has 0 heterocycles. The van der Waals surface area contributed by atoms with E-state index in [0.29, 0.717) is 5.56 Å². The van der Waals surface area contributed by atoms with E-state index in [-0.39, 0.29) is 12.5 Å². The molecule has 0 amide bonds. The SMILES string of the molecule is COC(=O)c1ccc(CN=C=O)cc1. The Morgan fingerprint density at radius 2 is 2.07 bits per heavy atom. The maximum absolute atomic E-state index is 11.0. The van der Waals surface area contributed by atoms with Crippen LogP contribution >= 0.6 is 0 Å². The van der Waals surface area contributed by atoms with Gasteiger partial charge >= 0.3 is 5.97 Å². The van der Waals surface area contributed by atoms with Crippen LogP contribution in [0.25, 0.3) is 0 Å². The molecule has 0 radical (unpaired) electrons. The molecule has 0 aliphatic rings. The van der Waals surface area contributed by atoms with Crippen LogP contribution < -0.4 is 0 Å². The summed E-state index contributed by atoms with van der Waals surface area (Å²) in [6, 6.07) is 6.68. The second kappa shape index (κ2) is 4.94. The first-order chi connectivity index (χ1) is 6.77. The molecule has 72 valence electrons. The van der Waals surface area contributed by atoms with Crippen molar-refractivity contribution in [1.29, 1.82) is 0 Å². The molecule has 0 spiro atoms. The van der Waals surface area contributed by atoms with Crippen LogP contribution in [0, 0.1) is 0 Å². The number of aliphatic imine (C=N–C) groups is 1. The van der Waals surface area contributed by atoms with Crippen molar-refractivity contribution in [1.82, 2.24) is 0 Å². The summed E-state index contributed by atoms with van der Waals surface area (Å²) in [6.45, 7) is 0.283. The lowest BCUT2D eigenvalue weighted by atomic mass is 10.1. The van der Waals surface area contributed by atoms with Gasteiger partial charge in [-0.3, -0.25) is 0 Å². The number of ether oxygens (including phenoxy) is 1. The number of methoxy groups -OCH3 is 1. The van der Waals surface area contributed by atoms with Crippen LogP contribution in [0.5, 0.6) is 0 Å². The summed E-state index contributed by atoms with van der Waals surface area (Å²) in [5.41, 5.74) is 1.33. The van der Waals surface area contributed by atoms with Crippen LogP contribution in [0.2, 0.25) is 0 Å². The number of nitrogens with zero attached hydrogens (tertiary/aromatic N) is 1. The van der Waals surface area contributed by atoms with E-state index in [4.69, 9.17) is 0 Å². The fraction of sp³-hybridized carbons (Fsp3) is 0.200. The van der Waals surface area contributed by atoms with E-state index in [9.17, 15) is 9.59 Å². The molecule has 14 heavy (non-hydrogen) atoms. The van der Waals surface area contributed by atoms with Gasteiger partial charge < -0.3 is 4.74 Å². The molecule has 4 heteroatoms. The lowest BCUT2D eigenvalue weighted by Crippen LogP contribution is -2.00. The van der Waals surface area contributed by atoms with Crippen molar-refractivity contribution in [3.05, 3.63) is 35.4 Å². The molecule has 0 N–H and O–H groups in total. The third kappa shape index (κ3) is 2.54. The van der Waals surface area contributed by atoms with E-state index in [1.54, 1.807) is 24.3 Å². The molecule has 1 aromatic carbocycles. The molecule has 0 atom stereocenters. The molecular formula is C10H9NO3. The Kier molecular flexibility index (Phi) is 3.58. The van der Waals surface area contributed by atoms with Crippen LogP contribution in [0.4, 0.5) is 0 Å². The molecule has 0 aliphatic carbocycles. The molecule has 0 bridgehead atoms. The molecule has 0 saturated carbocycles. The molecule has 0 fully saturated rings. The van der Waals surface area contributed by atoms with Crippen molar-refractivity contribution in [3.63, 3.8) is 0 Å². The van der Waals surface area contributed by atoms with E-state index >= 15 is 0 Å². The van der Waals surface area contributed by atoms with Crippen LogP contribution in [-0.2, 0) is 16.1 Å². The maximum Gasteiger partial charge on any atom is 0.337 e. The lowest BCUT2D eigenvalue weighted by Gasteiger charge is -1.99. The van der Waals surface area contributed by atoms with Gasteiger partial charge in [0.15, 0.2) is 0 Å². The molecule has 1 rings (SSSR count). The number of benzene rings is 1. The summed E-state index contributed by atoms with van der Waals surface area (Å²) >= 11 is 0. The predicted octanol–water partition coefficient (Wildman–Crippen LogP) is 1.31. The smallest absolute Gasteiger partial charge is 0.337 e. The Labute approximate surface area is 81.2 Å². The first kappa shape index (κ1) is 10.2. The second-order valence-electron chi connectivity index (χ2n) is 2.60. The topological polar surface area (TPSA) is 55.7 Å². The first-order valence-corrected chi connectivity index (χ1v) is 3.99. The zero-order chi connectivity index (χ0) is 10.4. The fourth-order valence-corrected chi connectivity index (χ4v) is 0.988. The van der Waals surface area contributed by atoms with Crippen molar-refractivity contribution < 1.29 is 14.3 Å². The van der Waals surface area contributed by atoms with Crippen LogP contribution in [0.3, 0.4) is 0 Å². The highest BCUT2D eigenvalue weighted by Gasteiger charge is 2.03. The Bertz CT molecular complexity index is 363. The largest absolute Gasteiger partial charge is 0.465 e. The summed E-state index contributed by atoms with van der Waals surface area (Å²) < 4.78 is 4.53. The first-order valence-electron chi connectivity index (χ1n) is 3.99. The van der Waals surface area contributed by atoms with Crippen LogP contribution in [0.1, 0.15) is 15.9 Å². The summed E-state index contributed by atoms with van der Waals surface area (Å²) in [5.74, 6) is -0.379. The normalized spacial score (nSPS) is 8.93. The minimum Gasteiger partial charge on any atom is -0.465 e. The van der Waals surface area contributed by atoms with Gasteiger partial charge in [-0.25, -0.2) is 14.6 Å². The van der Waals surface area contributed by atoms with Crippen molar-refractivity contribution in [2.45, 2.75) is 6.54 Å². The number of hydrogen-bond acceptors (Lipinski definition) is 4. The minimum absolute atomic E-state index is 0.283. The van der Waals surface area contributed by atoms with E-state index in [2.05, 4.69) is 9.73 Å². The van der Waals surface area contributed by atoms with Crippen molar-refractivity contribution in [2.24, 2.45) is 4.99 Å². The van der Waals surface area contributed by atoms with Crippen molar-refractivity contribution >= 4 is 12.0 Å². The number of carbonyl (C=O) groups excluding carboxylic acids is 2. The van der Waals surface area contributed by atoms with Gasteiger partial charge in [0.05, 0.1) is 19.2 Å². The quantitative estimate of drug-likeness (QED) is 0.411. The Hall–Kier alpha value is -1.93. The molecule has 0 saturated heterocycles. The Morgan fingerprint density at radius 1 is 1.43 bits per heavy atom. The highest BCUT2D eigenvalue weighted by Crippen LogP contribution is 2.06. The summed E-state index contributed by atoms with van der Waals surface area (Å²) in [5, 5.41) is 0. The zero-order valence-corrected chi connectivity index (χ0v) is 7.69. The molecule has 0 unspecified atom stereocenters. The average molecular weight is 191 g/mol. The molecule has 0 aromatic heterocycles. The van der Waals surface area contributed by atoms with Gasteiger partial charge in [-0.05, 0) is 17.7 Å². The summed E-state index contributed by atoms with van der Waals surface area (Å²) in [4.78, 5) is 24.3. The Balaban J connectivity index is 2.78. The van der Waals surface area contributed by atoms with Gasteiger partial charge in [-0.1, -0.05) is 12.1 Å². The van der Waals surface area contributed by atoms with Crippen LogP contribution in [0.15, 0.2) is 29.3 Å². The van der Waals surface area contributed by atoms with Gasteiger partial charge in [0.2, 0.25) is 6.08 Å². The monoisotopic (exact) mass is 191 g/mol. The van der Waals surface area contributed by atoms with E-state index < -0.39 is 0 Å². The van der Waals surface area contributed by atoms with E-state index in [1.165, 1.54) is 13.2 Å². The summed E-state index contributed by atoms with van der Waals surface area (Å²) in [7, 11) is 1.33. The highest BCUT2D eigenvalue weighted by atomic mass is 16.5. The van der Waals surface area contributed by atoms with Gasteiger partial charge in [-0.15, -0.1) is 0 Å². The number of isocyanates is 1. The average Bonchev–Trinajstić information content (AvgIpc) is 2.26. The highest BCUT2D eigenvalue weighted by molar-refractivity contribution is 5.89. The predicted molar refractivity (Wildman–Crippen MR) is 49.6 cm³/mol. The number of rotatable bonds is 3. The van der Waals surface area contributed by atoms with E-state index in [0.717, 1.165) is 5.56 Å². The number of carbonyl (C=O) groups is 1. The third-order valence-corrected chi connectivity index (χ3v) is 1.70. The van der Waals surface area contributed by atoms with Gasteiger partial charge in [-0.2, -0.15) is 0 Å². The van der Waals surface area contributed by atoms with Crippen molar-refractivity contribution in [3.8, 4) is 0 Å². The number of hydrogen-bond donors (Lipinski definition) is 0. The maximum atomic E-state index is 11.0. The lowest BCUT2D eigenvalue weighted by molar-refractivity contribution is 0.0600. The summed E-state index contributed by atoms with van der Waals surface area (Å²) in [6.07, 6.45) is 1.45. The van der Waals surface area contributed by atoms with Gasteiger partial charge in [0.25, 0.3) is 0 Å². The standard InChI is InChI=1S/C10H9NO3/c1-14-10(13)9-4-2-8(3-5-9)6-11-7-12/h2-5H,6H2,1H3. The van der Waals surface area contributed by atoms with Gasteiger partial charge in [0.1, 0.15) is 0 Å². The molecule has 0 aliphatic heterocycles. The minimum atomic E-state index is -0.379. The second-order valence-corrected chi connectivity index (χ2v) is 2.60. The zero-order valence-electron chi connectivity index (χ0n) is 7.69.